The maximum atomic E-state index is 11.5. The van der Waals surface area contributed by atoms with Crippen molar-refractivity contribution in [2.75, 3.05) is 5.32 Å². The van der Waals surface area contributed by atoms with Crippen LogP contribution in [-0.2, 0) is 0 Å². The molecule has 6 nitrogen and oxygen atoms in total. The van der Waals surface area contributed by atoms with Gasteiger partial charge in [-0.05, 0) is 24.3 Å². The van der Waals surface area contributed by atoms with E-state index in [-0.39, 0.29) is 5.56 Å². The van der Waals surface area contributed by atoms with Crippen molar-refractivity contribution in [2.45, 2.75) is 0 Å². The summed E-state index contributed by atoms with van der Waals surface area (Å²) >= 11 is 0. The standard InChI is InChI=1S/C17H13N3O3/c18-17(23)19-11-6-7-12-13(16(21)22)9-14(20-15(12)8-11)10-4-2-1-3-5-10/h1-9H,(H,21,22)(H3,18,19,23). The largest absolute Gasteiger partial charge is 0.478 e. The number of primary amides is 1. The fourth-order valence-corrected chi connectivity index (χ4v) is 2.38. The van der Waals surface area contributed by atoms with E-state index in [9.17, 15) is 14.7 Å². The van der Waals surface area contributed by atoms with Crippen LogP contribution in [0, 0.1) is 0 Å². The number of nitrogens with zero attached hydrogens (tertiary/aromatic N) is 1. The van der Waals surface area contributed by atoms with Gasteiger partial charge in [0.2, 0.25) is 0 Å². The van der Waals surface area contributed by atoms with E-state index in [0.717, 1.165) is 5.56 Å². The second kappa shape index (κ2) is 5.76. The van der Waals surface area contributed by atoms with Crippen LogP contribution in [0.25, 0.3) is 22.2 Å². The lowest BCUT2D eigenvalue weighted by Crippen LogP contribution is -2.19. The highest BCUT2D eigenvalue weighted by Crippen LogP contribution is 2.26. The number of aromatic carboxylic acids is 1. The van der Waals surface area contributed by atoms with E-state index in [4.69, 9.17) is 5.73 Å². The molecule has 114 valence electrons. The topological polar surface area (TPSA) is 105 Å². The Hall–Kier alpha value is -3.41. The zero-order valence-corrected chi connectivity index (χ0v) is 12.0. The molecule has 0 spiro atoms. The van der Waals surface area contributed by atoms with Gasteiger partial charge in [0, 0.05) is 16.6 Å². The molecule has 23 heavy (non-hydrogen) atoms. The van der Waals surface area contributed by atoms with Crippen molar-refractivity contribution in [1.29, 1.82) is 0 Å². The van der Waals surface area contributed by atoms with Crippen LogP contribution in [0.2, 0.25) is 0 Å². The minimum Gasteiger partial charge on any atom is -0.478 e. The molecule has 0 unspecified atom stereocenters. The van der Waals surface area contributed by atoms with Gasteiger partial charge in [0.25, 0.3) is 0 Å². The Morgan fingerprint density at radius 2 is 1.78 bits per heavy atom. The van der Waals surface area contributed by atoms with Crippen LogP contribution >= 0.6 is 0 Å². The first-order valence-electron chi connectivity index (χ1n) is 6.84. The summed E-state index contributed by atoms with van der Waals surface area (Å²) in [7, 11) is 0. The summed E-state index contributed by atoms with van der Waals surface area (Å²) in [6, 6.07) is 14.9. The number of nitrogens with two attached hydrogens (primary N) is 1. The Morgan fingerprint density at radius 3 is 2.43 bits per heavy atom. The predicted octanol–water partition coefficient (Wildman–Crippen LogP) is 3.09. The quantitative estimate of drug-likeness (QED) is 0.691. The second-order valence-corrected chi connectivity index (χ2v) is 4.95. The third-order valence-corrected chi connectivity index (χ3v) is 3.38. The number of carboxylic acids is 1. The van der Waals surface area contributed by atoms with Gasteiger partial charge in [-0.15, -0.1) is 0 Å². The van der Waals surface area contributed by atoms with Crippen molar-refractivity contribution in [3.05, 3.63) is 60.2 Å². The molecule has 1 aromatic heterocycles. The molecule has 0 radical (unpaired) electrons. The highest BCUT2D eigenvalue weighted by atomic mass is 16.4. The van der Waals surface area contributed by atoms with Crippen molar-refractivity contribution in [2.24, 2.45) is 5.73 Å². The van der Waals surface area contributed by atoms with Gasteiger partial charge >= 0.3 is 12.0 Å². The molecule has 0 atom stereocenters. The highest BCUT2D eigenvalue weighted by molar-refractivity contribution is 6.05. The Balaban J connectivity index is 2.23. The number of benzene rings is 2. The van der Waals surface area contributed by atoms with Crippen LogP contribution in [0.15, 0.2) is 54.6 Å². The van der Waals surface area contributed by atoms with Crippen LogP contribution < -0.4 is 11.1 Å². The third kappa shape index (κ3) is 2.96. The number of carbonyl (C=O) groups is 2. The molecule has 4 N–H and O–H groups in total. The minimum absolute atomic E-state index is 0.152. The number of fused-ring (bicyclic) bond motifs is 1. The number of hydrogen-bond donors (Lipinski definition) is 3. The van der Waals surface area contributed by atoms with Gasteiger partial charge < -0.3 is 16.2 Å². The van der Waals surface area contributed by atoms with Crippen LogP contribution in [-0.4, -0.2) is 22.1 Å². The van der Waals surface area contributed by atoms with Gasteiger partial charge in [-0.2, -0.15) is 0 Å². The number of carbonyl (C=O) groups excluding carboxylic acids is 1. The molecule has 0 aliphatic heterocycles. The van der Waals surface area contributed by atoms with E-state index >= 15 is 0 Å². The van der Waals surface area contributed by atoms with Crippen LogP contribution in [0.3, 0.4) is 0 Å². The fraction of sp³-hybridized carbons (Fsp3) is 0. The lowest BCUT2D eigenvalue weighted by atomic mass is 10.0. The third-order valence-electron chi connectivity index (χ3n) is 3.38. The van der Waals surface area contributed by atoms with Crippen molar-refractivity contribution in [3.63, 3.8) is 0 Å². The summed E-state index contributed by atoms with van der Waals surface area (Å²) < 4.78 is 0. The maximum Gasteiger partial charge on any atom is 0.336 e. The molecule has 2 amide bonds. The Kier molecular flexibility index (Phi) is 3.64. The molecule has 6 heteroatoms. The molecular weight excluding hydrogens is 294 g/mol. The van der Waals surface area contributed by atoms with Crippen LogP contribution in [0.4, 0.5) is 10.5 Å². The molecule has 0 aliphatic rings. The lowest BCUT2D eigenvalue weighted by Gasteiger charge is -2.09. The average Bonchev–Trinajstić information content (AvgIpc) is 2.53. The van der Waals surface area contributed by atoms with E-state index in [1.807, 2.05) is 30.3 Å². The summed E-state index contributed by atoms with van der Waals surface area (Å²) in [6.07, 6.45) is 0. The molecule has 3 aromatic rings. The number of nitrogens with one attached hydrogen (secondary N) is 1. The van der Waals surface area contributed by atoms with Gasteiger partial charge in [-0.1, -0.05) is 30.3 Å². The lowest BCUT2D eigenvalue weighted by molar-refractivity contribution is 0.0699. The van der Waals surface area contributed by atoms with Gasteiger partial charge in [0.05, 0.1) is 16.8 Å². The van der Waals surface area contributed by atoms with E-state index in [1.165, 1.54) is 0 Å². The monoisotopic (exact) mass is 307 g/mol. The number of rotatable bonds is 3. The first-order valence-corrected chi connectivity index (χ1v) is 6.84. The number of amides is 2. The maximum absolute atomic E-state index is 11.5. The van der Waals surface area contributed by atoms with Gasteiger partial charge in [-0.25, -0.2) is 14.6 Å². The van der Waals surface area contributed by atoms with E-state index in [0.29, 0.717) is 22.3 Å². The van der Waals surface area contributed by atoms with Crippen LogP contribution in [0.5, 0.6) is 0 Å². The number of carboxylic acid groups (broad SMARTS) is 1. The van der Waals surface area contributed by atoms with Gasteiger partial charge in [0.1, 0.15) is 0 Å². The number of anilines is 1. The summed E-state index contributed by atoms with van der Waals surface area (Å²) in [6.45, 7) is 0. The highest BCUT2D eigenvalue weighted by Gasteiger charge is 2.13. The molecule has 0 fully saturated rings. The molecule has 0 bridgehead atoms. The number of aromatic nitrogens is 1. The molecule has 0 saturated heterocycles. The molecule has 3 rings (SSSR count). The SMILES string of the molecule is NC(=O)Nc1ccc2c(C(=O)O)cc(-c3ccccc3)nc2c1. The number of urea groups is 1. The Morgan fingerprint density at radius 1 is 1.04 bits per heavy atom. The van der Waals surface area contributed by atoms with E-state index in [2.05, 4.69) is 10.3 Å². The Bertz CT molecular complexity index is 908. The molecule has 2 aromatic carbocycles. The summed E-state index contributed by atoms with van der Waals surface area (Å²) in [5, 5.41) is 12.4. The summed E-state index contributed by atoms with van der Waals surface area (Å²) in [5.74, 6) is -1.04. The molecule has 0 saturated carbocycles. The van der Waals surface area contributed by atoms with E-state index < -0.39 is 12.0 Å². The number of hydrogen-bond acceptors (Lipinski definition) is 3. The zero-order chi connectivity index (χ0) is 16.4. The second-order valence-electron chi connectivity index (χ2n) is 4.95. The number of pyridine rings is 1. The normalized spacial score (nSPS) is 10.4. The average molecular weight is 307 g/mol. The zero-order valence-electron chi connectivity index (χ0n) is 12.0. The van der Waals surface area contributed by atoms with Gasteiger partial charge in [0.15, 0.2) is 0 Å². The van der Waals surface area contributed by atoms with Crippen molar-refractivity contribution >= 4 is 28.6 Å². The van der Waals surface area contributed by atoms with Crippen LogP contribution in [0.1, 0.15) is 10.4 Å². The summed E-state index contributed by atoms with van der Waals surface area (Å²) in [4.78, 5) is 27.0. The molecular formula is C17H13N3O3. The van der Waals surface area contributed by atoms with E-state index in [1.54, 1.807) is 24.3 Å². The van der Waals surface area contributed by atoms with Crippen molar-refractivity contribution in [3.8, 4) is 11.3 Å². The fourth-order valence-electron chi connectivity index (χ4n) is 2.38. The van der Waals surface area contributed by atoms with Crippen molar-refractivity contribution in [1.82, 2.24) is 4.98 Å². The first kappa shape index (κ1) is 14.5. The molecule has 0 aliphatic carbocycles. The smallest absolute Gasteiger partial charge is 0.336 e. The first-order chi connectivity index (χ1) is 11.0. The summed E-state index contributed by atoms with van der Waals surface area (Å²) in [5.41, 5.74) is 7.54. The van der Waals surface area contributed by atoms with Crippen molar-refractivity contribution < 1.29 is 14.7 Å². The predicted molar refractivity (Wildman–Crippen MR) is 87.3 cm³/mol. The Labute approximate surface area is 131 Å². The minimum atomic E-state index is -1.04. The molecule has 1 heterocycles. The van der Waals surface area contributed by atoms with Gasteiger partial charge in [-0.3, -0.25) is 0 Å².